The number of piperazine rings is 1. The van der Waals surface area contributed by atoms with Crippen molar-refractivity contribution >= 4 is 23.5 Å². The zero-order valence-corrected chi connectivity index (χ0v) is 20.9. The molecule has 5 rings (SSSR count). The molecule has 0 spiro atoms. The van der Waals surface area contributed by atoms with Crippen molar-refractivity contribution in [1.82, 2.24) is 19.8 Å². The molecular formula is C27H32FN5O3. The quantitative estimate of drug-likeness (QED) is 0.596. The Morgan fingerprint density at radius 2 is 1.83 bits per heavy atom. The molecule has 190 valence electrons. The predicted octanol–water partition coefficient (Wildman–Crippen LogP) is 2.91. The van der Waals surface area contributed by atoms with Gasteiger partial charge in [0.05, 0.1) is 16.8 Å². The number of imide groups is 1. The van der Waals surface area contributed by atoms with Crippen molar-refractivity contribution in [2.45, 2.75) is 63.8 Å². The molecule has 2 aromatic rings. The summed E-state index contributed by atoms with van der Waals surface area (Å²) in [5.74, 6) is -0.477. The molecule has 2 saturated heterocycles. The van der Waals surface area contributed by atoms with Gasteiger partial charge in [0.1, 0.15) is 11.6 Å². The SMILES string of the molecule is Cc1cnc(C)c(N2CCN(C(=O)C[C@@]3(c4cccc(F)c4)CC(=O)N(C4CCCC4)C3=O)CC2)n1. The highest BCUT2D eigenvalue weighted by atomic mass is 19.1. The molecule has 1 aromatic heterocycles. The summed E-state index contributed by atoms with van der Waals surface area (Å²) in [7, 11) is 0. The van der Waals surface area contributed by atoms with Gasteiger partial charge in [0.25, 0.3) is 0 Å². The van der Waals surface area contributed by atoms with Crippen LogP contribution in [-0.2, 0) is 19.8 Å². The van der Waals surface area contributed by atoms with Gasteiger partial charge >= 0.3 is 0 Å². The highest BCUT2D eigenvalue weighted by molar-refractivity contribution is 6.11. The first-order valence-corrected chi connectivity index (χ1v) is 12.7. The topological polar surface area (TPSA) is 86.7 Å². The first-order valence-electron chi connectivity index (χ1n) is 12.7. The number of hydrogen-bond donors (Lipinski definition) is 0. The molecule has 2 aliphatic heterocycles. The molecule has 0 N–H and O–H groups in total. The van der Waals surface area contributed by atoms with Crippen molar-refractivity contribution in [3.05, 3.63) is 53.2 Å². The Morgan fingerprint density at radius 3 is 2.53 bits per heavy atom. The Bertz CT molecular complexity index is 1190. The van der Waals surface area contributed by atoms with Crippen LogP contribution in [0.15, 0.2) is 30.5 Å². The fraction of sp³-hybridized carbons (Fsp3) is 0.519. The van der Waals surface area contributed by atoms with E-state index >= 15 is 0 Å². The minimum absolute atomic E-state index is 0.102. The molecule has 8 nitrogen and oxygen atoms in total. The number of carbonyl (C=O) groups is 3. The maximum Gasteiger partial charge on any atom is 0.241 e. The number of aromatic nitrogens is 2. The number of benzene rings is 1. The van der Waals surface area contributed by atoms with E-state index in [1.807, 2.05) is 13.8 Å². The van der Waals surface area contributed by atoms with Crippen LogP contribution >= 0.6 is 0 Å². The lowest BCUT2D eigenvalue weighted by Crippen LogP contribution is -2.51. The van der Waals surface area contributed by atoms with Gasteiger partial charge in [-0.25, -0.2) is 9.37 Å². The molecule has 1 aromatic carbocycles. The number of nitrogens with zero attached hydrogens (tertiary/aromatic N) is 5. The summed E-state index contributed by atoms with van der Waals surface area (Å²) in [6, 6.07) is 5.68. The molecule has 9 heteroatoms. The van der Waals surface area contributed by atoms with E-state index in [1.165, 1.54) is 23.1 Å². The normalized spacial score (nSPS) is 23.1. The molecular weight excluding hydrogens is 461 g/mol. The smallest absolute Gasteiger partial charge is 0.241 e. The van der Waals surface area contributed by atoms with E-state index < -0.39 is 11.2 Å². The molecule has 1 saturated carbocycles. The number of carbonyl (C=O) groups excluding carboxylic acids is 3. The number of hydrogen-bond acceptors (Lipinski definition) is 6. The first-order chi connectivity index (χ1) is 17.3. The van der Waals surface area contributed by atoms with Crippen LogP contribution in [0.25, 0.3) is 0 Å². The van der Waals surface area contributed by atoms with Crippen LogP contribution in [0.1, 0.15) is 55.5 Å². The van der Waals surface area contributed by atoms with Crippen molar-refractivity contribution in [1.29, 1.82) is 0 Å². The Kier molecular flexibility index (Phi) is 6.49. The van der Waals surface area contributed by atoms with E-state index in [0.29, 0.717) is 31.7 Å². The third-order valence-corrected chi connectivity index (χ3v) is 7.85. The fourth-order valence-corrected chi connectivity index (χ4v) is 5.91. The van der Waals surface area contributed by atoms with E-state index in [0.717, 1.165) is 42.9 Å². The van der Waals surface area contributed by atoms with Gasteiger partial charge < -0.3 is 9.80 Å². The molecule has 36 heavy (non-hydrogen) atoms. The number of amides is 3. The highest BCUT2D eigenvalue weighted by Gasteiger charge is 2.56. The van der Waals surface area contributed by atoms with E-state index in [4.69, 9.17) is 0 Å². The number of likely N-dealkylation sites (tertiary alicyclic amines) is 1. The molecule has 3 fully saturated rings. The van der Waals surface area contributed by atoms with Crippen LogP contribution in [0.3, 0.4) is 0 Å². The van der Waals surface area contributed by atoms with Gasteiger partial charge in [0.15, 0.2) is 0 Å². The maximum absolute atomic E-state index is 14.2. The molecule has 3 aliphatic rings. The summed E-state index contributed by atoms with van der Waals surface area (Å²) >= 11 is 0. The Hall–Kier alpha value is -3.36. The lowest BCUT2D eigenvalue weighted by Gasteiger charge is -2.37. The Balaban J connectivity index is 1.36. The summed E-state index contributed by atoms with van der Waals surface area (Å²) < 4.78 is 14.2. The van der Waals surface area contributed by atoms with E-state index in [1.54, 1.807) is 17.2 Å². The second-order valence-electron chi connectivity index (χ2n) is 10.2. The van der Waals surface area contributed by atoms with Crippen molar-refractivity contribution in [3.63, 3.8) is 0 Å². The van der Waals surface area contributed by atoms with Crippen LogP contribution in [0.5, 0.6) is 0 Å². The van der Waals surface area contributed by atoms with Gasteiger partial charge in [0, 0.05) is 51.3 Å². The van der Waals surface area contributed by atoms with Crippen LogP contribution in [0.4, 0.5) is 10.2 Å². The molecule has 1 aliphatic carbocycles. The summed E-state index contributed by atoms with van der Waals surface area (Å²) in [6.45, 7) is 5.96. The zero-order chi connectivity index (χ0) is 25.4. The standard InChI is InChI=1S/C27H32FN5O3/c1-18-17-29-19(2)25(30-18)32-12-10-31(11-13-32)23(34)15-27(20-6-5-7-21(28)14-20)16-24(35)33(26(27)36)22-8-3-4-9-22/h5-7,14,17,22H,3-4,8-13,15-16H2,1-2H3/t27-/m0/s1. The van der Waals surface area contributed by atoms with Gasteiger partial charge in [-0.15, -0.1) is 0 Å². The second-order valence-corrected chi connectivity index (χ2v) is 10.2. The van der Waals surface area contributed by atoms with Gasteiger partial charge in [0.2, 0.25) is 17.7 Å². The second kappa shape index (κ2) is 9.59. The third-order valence-electron chi connectivity index (χ3n) is 7.85. The summed E-state index contributed by atoms with van der Waals surface area (Å²) in [4.78, 5) is 54.8. The number of anilines is 1. The largest absolute Gasteiger partial charge is 0.352 e. The van der Waals surface area contributed by atoms with Crippen LogP contribution in [0, 0.1) is 19.7 Å². The van der Waals surface area contributed by atoms with E-state index in [-0.39, 0.29) is 36.6 Å². The number of aryl methyl sites for hydroxylation is 2. The lowest BCUT2D eigenvalue weighted by atomic mass is 9.75. The first kappa shape index (κ1) is 24.3. The molecule has 0 bridgehead atoms. The third kappa shape index (κ3) is 4.35. The average Bonchev–Trinajstić information content (AvgIpc) is 3.47. The lowest BCUT2D eigenvalue weighted by molar-refractivity contribution is -0.144. The highest BCUT2D eigenvalue weighted by Crippen LogP contribution is 2.43. The van der Waals surface area contributed by atoms with Gasteiger partial charge in [-0.2, -0.15) is 0 Å². The van der Waals surface area contributed by atoms with E-state index in [2.05, 4.69) is 14.9 Å². The molecule has 0 unspecified atom stereocenters. The van der Waals surface area contributed by atoms with Crippen molar-refractivity contribution in [2.75, 3.05) is 31.1 Å². The Labute approximate surface area is 210 Å². The average molecular weight is 494 g/mol. The molecule has 3 amide bonds. The van der Waals surface area contributed by atoms with Crippen molar-refractivity contribution in [2.24, 2.45) is 0 Å². The number of rotatable bonds is 5. The Morgan fingerprint density at radius 1 is 1.11 bits per heavy atom. The minimum atomic E-state index is -1.37. The maximum atomic E-state index is 14.2. The van der Waals surface area contributed by atoms with Crippen molar-refractivity contribution < 1.29 is 18.8 Å². The predicted molar refractivity (Wildman–Crippen MR) is 132 cm³/mol. The van der Waals surface area contributed by atoms with Crippen molar-refractivity contribution in [3.8, 4) is 0 Å². The summed E-state index contributed by atoms with van der Waals surface area (Å²) in [5.41, 5.74) is 0.711. The molecule has 3 heterocycles. The molecule has 1 atom stereocenters. The number of halogens is 1. The summed E-state index contributed by atoms with van der Waals surface area (Å²) in [6.07, 6.45) is 5.01. The van der Waals surface area contributed by atoms with Crippen LogP contribution in [0.2, 0.25) is 0 Å². The van der Waals surface area contributed by atoms with Gasteiger partial charge in [-0.05, 0) is 44.4 Å². The van der Waals surface area contributed by atoms with Gasteiger partial charge in [-0.3, -0.25) is 24.3 Å². The van der Waals surface area contributed by atoms with E-state index in [9.17, 15) is 18.8 Å². The van der Waals surface area contributed by atoms with Gasteiger partial charge in [-0.1, -0.05) is 25.0 Å². The zero-order valence-electron chi connectivity index (χ0n) is 20.9. The van der Waals surface area contributed by atoms with Crippen LogP contribution in [-0.4, -0.2) is 69.7 Å². The molecule has 0 radical (unpaired) electrons. The van der Waals surface area contributed by atoms with Crippen LogP contribution < -0.4 is 4.90 Å². The minimum Gasteiger partial charge on any atom is -0.352 e. The fourth-order valence-electron chi connectivity index (χ4n) is 5.91. The summed E-state index contributed by atoms with van der Waals surface area (Å²) in [5, 5.41) is 0. The monoisotopic (exact) mass is 493 g/mol.